The highest BCUT2D eigenvalue weighted by molar-refractivity contribution is 5.84. The van der Waals surface area contributed by atoms with E-state index < -0.39 is 0 Å². The fraction of sp³-hybridized carbons (Fsp3) is 0.500. The van der Waals surface area contributed by atoms with Crippen LogP contribution in [0.3, 0.4) is 0 Å². The number of pyridine rings is 1. The summed E-state index contributed by atoms with van der Waals surface area (Å²) in [5, 5.41) is 4.57. The van der Waals surface area contributed by atoms with Gasteiger partial charge in [0.2, 0.25) is 0 Å². The van der Waals surface area contributed by atoms with Crippen LogP contribution in [-0.4, -0.2) is 24.2 Å². The van der Waals surface area contributed by atoms with Gasteiger partial charge in [0.25, 0.3) is 0 Å². The molecule has 1 fully saturated rings. The van der Waals surface area contributed by atoms with E-state index in [2.05, 4.69) is 36.3 Å². The molecule has 3 heteroatoms. The molecule has 2 unspecified atom stereocenters. The minimum Gasteiger partial charge on any atom is -0.486 e. The van der Waals surface area contributed by atoms with Crippen LogP contribution in [0.1, 0.15) is 32.4 Å². The summed E-state index contributed by atoms with van der Waals surface area (Å²) in [6.07, 6.45) is 2.47. The van der Waals surface area contributed by atoms with Crippen LogP contribution in [0.4, 0.5) is 0 Å². The molecule has 112 valence electrons. The second-order valence-electron chi connectivity index (χ2n) is 6.73. The number of rotatable bonds is 3. The molecule has 3 rings (SSSR count). The molecule has 0 aliphatic heterocycles. The first-order chi connectivity index (χ1) is 10.0. The molecule has 1 aliphatic rings. The lowest BCUT2D eigenvalue weighted by atomic mass is 9.87. The van der Waals surface area contributed by atoms with E-state index in [1.54, 1.807) is 0 Å². The van der Waals surface area contributed by atoms with Gasteiger partial charge >= 0.3 is 0 Å². The number of aryl methyl sites for hydroxylation is 1. The van der Waals surface area contributed by atoms with E-state index in [9.17, 15) is 0 Å². The lowest BCUT2D eigenvalue weighted by molar-refractivity contribution is 0.147. The fourth-order valence-corrected chi connectivity index (χ4v) is 3.52. The Balaban J connectivity index is 1.93. The van der Waals surface area contributed by atoms with E-state index in [1.165, 1.54) is 6.42 Å². The number of benzene rings is 1. The van der Waals surface area contributed by atoms with Crippen molar-refractivity contribution in [2.24, 2.45) is 5.41 Å². The highest BCUT2D eigenvalue weighted by atomic mass is 16.5. The summed E-state index contributed by atoms with van der Waals surface area (Å²) in [6, 6.07) is 10.7. The van der Waals surface area contributed by atoms with E-state index in [0.717, 1.165) is 28.8 Å². The summed E-state index contributed by atoms with van der Waals surface area (Å²) in [4.78, 5) is 4.66. The van der Waals surface area contributed by atoms with E-state index in [0.29, 0.717) is 6.04 Å². The van der Waals surface area contributed by atoms with E-state index in [4.69, 9.17) is 4.74 Å². The van der Waals surface area contributed by atoms with Gasteiger partial charge in [0.15, 0.2) is 0 Å². The highest BCUT2D eigenvalue weighted by Crippen LogP contribution is 2.40. The Morgan fingerprint density at radius 3 is 2.81 bits per heavy atom. The molecule has 2 atom stereocenters. The molecule has 0 bridgehead atoms. The van der Waals surface area contributed by atoms with Crippen LogP contribution in [0.15, 0.2) is 30.3 Å². The molecule has 0 radical (unpaired) electrons. The Kier molecular flexibility index (Phi) is 3.62. The smallest absolute Gasteiger partial charge is 0.146 e. The first-order valence-electron chi connectivity index (χ1n) is 7.71. The van der Waals surface area contributed by atoms with Crippen LogP contribution in [0, 0.1) is 12.3 Å². The molecule has 0 saturated heterocycles. The lowest BCUT2D eigenvalue weighted by Gasteiger charge is -2.30. The predicted molar refractivity (Wildman–Crippen MR) is 86.8 cm³/mol. The van der Waals surface area contributed by atoms with E-state index in [1.807, 2.05) is 32.2 Å². The maximum Gasteiger partial charge on any atom is 0.146 e. The molecule has 0 spiro atoms. The minimum absolute atomic E-state index is 0.206. The molecular weight excluding hydrogens is 260 g/mol. The van der Waals surface area contributed by atoms with Crippen molar-refractivity contribution in [3.63, 3.8) is 0 Å². The summed E-state index contributed by atoms with van der Waals surface area (Å²) in [6.45, 7) is 6.64. The predicted octanol–water partition coefficient (Wildman–Crippen LogP) is 3.70. The molecule has 1 N–H and O–H groups in total. The van der Waals surface area contributed by atoms with E-state index in [-0.39, 0.29) is 11.5 Å². The molecule has 1 heterocycles. The number of hydrogen-bond donors (Lipinski definition) is 1. The van der Waals surface area contributed by atoms with Crippen molar-refractivity contribution in [1.82, 2.24) is 10.3 Å². The number of ether oxygens (including phenoxy) is 1. The summed E-state index contributed by atoms with van der Waals surface area (Å²) in [7, 11) is 2.03. The lowest BCUT2D eigenvalue weighted by Crippen LogP contribution is -2.44. The third-order valence-electron chi connectivity index (χ3n) is 4.70. The number of hydrogen-bond acceptors (Lipinski definition) is 3. The largest absolute Gasteiger partial charge is 0.486 e. The van der Waals surface area contributed by atoms with Crippen LogP contribution >= 0.6 is 0 Å². The van der Waals surface area contributed by atoms with Crippen LogP contribution in [-0.2, 0) is 0 Å². The quantitative estimate of drug-likeness (QED) is 0.933. The molecule has 2 aromatic rings. The Morgan fingerprint density at radius 2 is 2.05 bits per heavy atom. The Hall–Kier alpha value is -1.61. The van der Waals surface area contributed by atoms with Gasteiger partial charge in [-0.2, -0.15) is 0 Å². The van der Waals surface area contributed by atoms with Gasteiger partial charge in [-0.3, -0.25) is 0 Å². The number of nitrogens with one attached hydrogen (secondary N) is 1. The zero-order valence-electron chi connectivity index (χ0n) is 13.3. The average Bonchev–Trinajstić information content (AvgIpc) is 2.74. The first-order valence-corrected chi connectivity index (χ1v) is 7.71. The number of likely N-dealkylation sites (N-methyl/N-ethyl adjacent to an activating group) is 1. The molecule has 1 aromatic heterocycles. The SMILES string of the molecule is CNC1C(Oc2cccc3ccc(C)nc23)CCC1(C)C. The number of para-hydroxylation sites is 1. The maximum atomic E-state index is 6.36. The van der Waals surface area contributed by atoms with Gasteiger partial charge in [0.1, 0.15) is 17.4 Å². The van der Waals surface area contributed by atoms with Crippen LogP contribution in [0.2, 0.25) is 0 Å². The number of aromatic nitrogens is 1. The van der Waals surface area contributed by atoms with Crippen LogP contribution < -0.4 is 10.1 Å². The van der Waals surface area contributed by atoms with Gasteiger partial charge < -0.3 is 10.1 Å². The van der Waals surface area contributed by atoms with Gasteiger partial charge in [-0.15, -0.1) is 0 Å². The monoisotopic (exact) mass is 284 g/mol. The molecule has 21 heavy (non-hydrogen) atoms. The van der Waals surface area contributed by atoms with Crippen molar-refractivity contribution in [2.75, 3.05) is 7.05 Å². The summed E-state index contributed by atoms with van der Waals surface area (Å²) in [5.41, 5.74) is 2.26. The van der Waals surface area contributed by atoms with Crippen molar-refractivity contribution in [1.29, 1.82) is 0 Å². The van der Waals surface area contributed by atoms with Gasteiger partial charge in [-0.1, -0.05) is 32.0 Å². The fourth-order valence-electron chi connectivity index (χ4n) is 3.52. The Labute approximate surface area is 126 Å². The van der Waals surface area contributed by atoms with Gasteiger partial charge in [-0.05, 0) is 44.4 Å². The van der Waals surface area contributed by atoms with E-state index >= 15 is 0 Å². The number of nitrogens with zero attached hydrogens (tertiary/aromatic N) is 1. The van der Waals surface area contributed by atoms with Crippen molar-refractivity contribution in [2.45, 2.75) is 45.8 Å². The summed E-state index contributed by atoms with van der Waals surface area (Å²) < 4.78 is 6.36. The Morgan fingerprint density at radius 1 is 1.24 bits per heavy atom. The van der Waals surface area contributed by atoms with Gasteiger partial charge in [-0.25, -0.2) is 4.98 Å². The highest BCUT2D eigenvalue weighted by Gasteiger charge is 2.42. The summed E-state index contributed by atoms with van der Waals surface area (Å²) >= 11 is 0. The average molecular weight is 284 g/mol. The van der Waals surface area contributed by atoms with Crippen molar-refractivity contribution < 1.29 is 4.74 Å². The molecule has 1 aliphatic carbocycles. The Bertz CT molecular complexity index is 651. The normalized spacial score (nSPS) is 24.4. The third-order valence-corrected chi connectivity index (χ3v) is 4.70. The molecule has 1 aromatic carbocycles. The van der Waals surface area contributed by atoms with Gasteiger partial charge in [0.05, 0.1) is 0 Å². The van der Waals surface area contributed by atoms with Crippen LogP contribution in [0.5, 0.6) is 5.75 Å². The number of fused-ring (bicyclic) bond motifs is 1. The second kappa shape index (κ2) is 5.30. The molecule has 3 nitrogen and oxygen atoms in total. The zero-order chi connectivity index (χ0) is 15.0. The molecule has 1 saturated carbocycles. The van der Waals surface area contributed by atoms with Crippen molar-refractivity contribution in [3.05, 3.63) is 36.0 Å². The zero-order valence-corrected chi connectivity index (χ0v) is 13.3. The topological polar surface area (TPSA) is 34.1 Å². The standard InChI is InChI=1S/C18H24N2O/c1-12-8-9-13-6-5-7-14(16(13)20-12)21-15-10-11-18(2,3)17(15)19-4/h5-9,15,17,19H,10-11H2,1-4H3. The van der Waals surface area contributed by atoms with Crippen molar-refractivity contribution in [3.8, 4) is 5.75 Å². The molecule has 0 amide bonds. The summed E-state index contributed by atoms with van der Waals surface area (Å²) in [5.74, 6) is 0.902. The maximum absolute atomic E-state index is 6.36. The van der Waals surface area contributed by atoms with Crippen LogP contribution in [0.25, 0.3) is 10.9 Å². The third kappa shape index (κ3) is 2.62. The first kappa shape index (κ1) is 14.3. The van der Waals surface area contributed by atoms with Crippen molar-refractivity contribution >= 4 is 10.9 Å². The van der Waals surface area contributed by atoms with Gasteiger partial charge in [0, 0.05) is 17.1 Å². The molecular formula is C18H24N2O. The second-order valence-corrected chi connectivity index (χ2v) is 6.73. The minimum atomic E-state index is 0.206.